The second-order valence-electron chi connectivity index (χ2n) is 6.68. The number of aromatic carboxylic acids is 1. The van der Waals surface area contributed by atoms with Gasteiger partial charge in [-0.3, -0.25) is 9.48 Å². The van der Waals surface area contributed by atoms with E-state index in [1.165, 1.54) is 17.2 Å². The summed E-state index contributed by atoms with van der Waals surface area (Å²) in [6.45, 7) is 4.07. The van der Waals surface area contributed by atoms with Crippen molar-refractivity contribution in [2.45, 2.75) is 31.9 Å². The lowest BCUT2D eigenvalue weighted by molar-refractivity contribution is -0.132. The van der Waals surface area contributed by atoms with Gasteiger partial charge in [0.25, 0.3) is 0 Å². The molecule has 2 saturated heterocycles. The molecule has 118 valence electrons. The summed E-state index contributed by atoms with van der Waals surface area (Å²) in [6, 6.07) is 1.48. The number of likely N-dealkylation sites (tertiary alicyclic amines) is 1. The van der Waals surface area contributed by atoms with E-state index in [0.717, 1.165) is 13.0 Å². The highest BCUT2D eigenvalue weighted by molar-refractivity contribution is 5.85. The predicted molar refractivity (Wildman–Crippen MR) is 75.4 cm³/mol. The Hall–Kier alpha value is -1.89. The first-order valence-electron chi connectivity index (χ1n) is 7.68. The van der Waals surface area contributed by atoms with E-state index in [9.17, 15) is 9.59 Å². The monoisotopic (exact) mass is 305 g/mol. The summed E-state index contributed by atoms with van der Waals surface area (Å²) in [4.78, 5) is 25.2. The number of hydrogen-bond acceptors (Lipinski definition) is 4. The SMILES string of the molecule is Cc1cc(C(=O)O)nn1CC(=O)N1CCC2(C1)OCC1CC12. The van der Waals surface area contributed by atoms with Crippen LogP contribution < -0.4 is 0 Å². The number of fused-ring (bicyclic) bond motifs is 2. The first kappa shape index (κ1) is 13.8. The van der Waals surface area contributed by atoms with Gasteiger partial charge in [0.1, 0.15) is 6.54 Å². The van der Waals surface area contributed by atoms with Crippen LogP contribution in [0.3, 0.4) is 0 Å². The summed E-state index contributed by atoms with van der Waals surface area (Å²) >= 11 is 0. The predicted octanol–water partition coefficient (Wildman–Crippen LogP) is 0.527. The topological polar surface area (TPSA) is 84.7 Å². The van der Waals surface area contributed by atoms with Crippen LogP contribution in [0.1, 0.15) is 29.0 Å². The fourth-order valence-electron chi connectivity index (χ4n) is 3.90. The second kappa shape index (κ2) is 4.55. The van der Waals surface area contributed by atoms with Gasteiger partial charge in [-0.05, 0) is 37.7 Å². The van der Waals surface area contributed by atoms with Crippen molar-refractivity contribution >= 4 is 11.9 Å². The Bertz CT molecular complexity index is 655. The number of carbonyl (C=O) groups is 2. The van der Waals surface area contributed by atoms with Crippen molar-refractivity contribution in [2.24, 2.45) is 11.8 Å². The van der Waals surface area contributed by atoms with Gasteiger partial charge in [-0.15, -0.1) is 0 Å². The van der Waals surface area contributed by atoms with Crippen LogP contribution in [0.5, 0.6) is 0 Å². The van der Waals surface area contributed by atoms with Gasteiger partial charge in [0.05, 0.1) is 18.8 Å². The van der Waals surface area contributed by atoms with E-state index in [1.807, 2.05) is 4.90 Å². The molecule has 1 aromatic rings. The van der Waals surface area contributed by atoms with Crippen molar-refractivity contribution in [3.63, 3.8) is 0 Å². The molecule has 3 unspecified atom stereocenters. The Morgan fingerprint density at radius 3 is 2.95 bits per heavy atom. The minimum Gasteiger partial charge on any atom is -0.476 e. The number of nitrogens with zero attached hydrogens (tertiary/aromatic N) is 3. The molecule has 22 heavy (non-hydrogen) atoms. The van der Waals surface area contributed by atoms with E-state index in [4.69, 9.17) is 9.84 Å². The molecule has 1 amide bonds. The Morgan fingerprint density at radius 2 is 2.36 bits per heavy atom. The van der Waals surface area contributed by atoms with Gasteiger partial charge in [0.2, 0.25) is 5.91 Å². The van der Waals surface area contributed by atoms with Gasteiger partial charge < -0.3 is 14.7 Å². The average Bonchev–Trinajstić information content (AvgIpc) is 2.84. The van der Waals surface area contributed by atoms with Gasteiger partial charge in [0, 0.05) is 12.2 Å². The smallest absolute Gasteiger partial charge is 0.356 e. The lowest BCUT2D eigenvalue weighted by Gasteiger charge is -2.25. The molecule has 0 radical (unpaired) electrons. The number of carboxylic acid groups (broad SMARTS) is 1. The molecule has 7 heteroatoms. The molecule has 0 aromatic carbocycles. The third-order valence-electron chi connectivity index (χ3n) is 5.28. The second-order valence-corrected chi connectivity index (χ2v) is 6.68. The molecule has 1 saturated carbocycles. The molecular formula is C15H19N3O4. The first-order chi connectivity index (χ1) is 10.5. The van der Waals surface area contributed by atoms with Crippen LogP contribution >= 0.6 is 0 Å². The van der Waals surface area contributed by atoms with Crippen molar-refractivity contribution < 1.29 is 19.4 Å². The molecule has 4 rings (SSSR count). The van der Waals surface area contributed by atoms with E-state index in [1.54, 1.807) is 6.92 Å². The van der Waals surface area contributed by atoms with Crippen molar-refractivity contribution in [2.75, 3.05) is 19.7 Å². The van der Waals surface area contributed by atoms with E-state index in [-0.39, 0.29) is 23.7 Å². The highest BCUT2D eigenvalue weighted by Gasteiger charge is 2.61. The number of rotatable bonds is 3. The Labute approximate surface area is 127 Å². The summed E-state index contributed by atoms with van der Waals surface area (Å²) in [5, 5.41) is 12.9. The zero-order chi connectivity index (χ0) is 15.5. The third kappa shape index (κ3) is 2.03. The highest BCUT2D eigenvalue weighted by atomic mass is 16.5. The zero-order valence-electron chi connectivity index (χ0n) is 12.5. The molecule has 7 nitrogen and oxygen atoms in total. The van der Waals surface area contributed by atoms with E-state index in [2.05, 4.69) is 5.10 Å². The molecule has 3 aliphatic rings. The zero-order valence-corrected chi connectivity index (χ0v) is 12.5. The lowest BCUT2D eigenvalue weighted by Crippen LogP contribution is -2.39. The molecule has 3 atom stereocenters. The maximum absolute atomic E-state index is 12.5. The van der Waals surface area contributed by atoms with Gasteiger partial charge in [-0.25, -0.2) is 4.79 Å². The highest BCUT2D eigenvalue weighted by Crippen LogP contribution is 2.57. The van der Waals surface area contributed by atoms with Crippen molar-refractivity contribution in [3.05, 3.63) is 17.5 Å². The maximum Gasteiger partial charge on any atom is 0.356 e. The van der Waals surface area contributed by atoms with E-state index < -0.39 is 5.97 Å². The lowest BCUT2D eigenvalue weighted by atomic mass is 9.97. The molecule has 3 fully saturated rings. The molecule has 1 aliphatic carbocycles. The fourth-order valence-corrected chi connectivity index (χ4v) is 3.90. The van der Waals surface area contributed by atoms with Gasteiger partial charge in [-0.2, -0.15) is 5.10 Å². The summed E-state index contributed by atoms with van der Waals surface area (Å²) in [6.07, 6.45) is 2.15. The minimum absolute atomic E-state index is 0.0206. The Morgan fingerprint density at radius 1 is 1.55 bits per heavy atom. The largest absolute Gasteiger partial charge is 0.476 e. The van der Waals surface area contributed by atoms with Crippen molar-refractivity contribution in [1.29, 1.82) is 0 Å². The van der Waals surface area contributed by atoms with Crippen LogP contribution in [-0.4, -0.2) is 57.0 Å². The fraction of sp³-hybridized carbons (Fsp3) is 0.667. The average molecular weight is 305 g/mol. The number of aromatic nitrogens is 2. The van der Waals surface area contributed by atoms with E-state index >= 15 is 0 Å². The van der Waals surface area contributed by atoms with Gasteiger partial charge in [-0.1, -0.05) is 0 Å². The number of amides is 1. The molecule has 1 N–H and O–H groups in total. The molecule has 3 heterocycles. The van der Waals surface area contributed by atoms with Crippen LogP contribution in [0.25, 0.3) is 0 Å². The summed E-state index contributed by atoms with van der Waals surface area (Å²) in [5.74, 6) is 0.248. The van der Waals surface area contributed by atoms with Gasteiger partial charge in [0.15, 0.2) is 5.69 Å². The van der Waals surface area contributed by atoms with Gasteiger partial charge >= 0.3 is 5.97 Å². The van der Waals surface area contributed by atoms with Crippen LogP contribution in [0.4, 0.5) is 0 Å². The molecular weight excluding hydrogens is 286 g/mol. The number of carboxylic acids is 1. The van der Waals surface area contributed by atoms with E-state index in [0.29, 0.717) is 30.6 Å². The quantitative estimate of drug-likeness (QED) is 0.880. The third-order valence-corrected chi connectivity index (χ3v) is 5.28. The summed E-state index contributed by atoms with van der Waals surface area (Å²) < 4.78 is 7.42. The molecule has 1 aromatic heterocycles. The van der Waals surface area contributed by atoms with Crippen LogP contribution in [0.2, 0.25) is 0 Å². The number of carbonyl (C=O) groups excluding carboxylic acids is 1. The summed E-state index contributed by atoms with van der Waals surface area (Å²) in [7, 11) is 0. The molecule has 0 bridgehead atoms. The maximum atomic E-state index is 12.5. The Kier molecular flexibility index (Phi) is 2.84. The Balaban J connectivity index is 1.44. The van der Waals surface area contributed by atoms with Crippen LogP contribution in [0, 0.1) is 18.8 Å². The number of ether oxygens (including phenoxy) is 1. The normalized spacial score (nSPS) is 32.5. The van der Waals surface area contributed by atoms with Crippen molar-refractivity contribution in [1.82, 2.24) is 14.7 Å². The molecule has 1 spiro atoms. The number of aryl methyl sites for hydroxylation is 1. The summed E-state index contributed by atoms with van der Waals surface area (Å²) in [5.41, 5.74) is 0.549. The molecule has 2 aliphatic heterocycles. The first-order valence-corrected chi connectivity index (χ1v) is 7.68. The van der Waals surface area contributed by atoms with Crippen molar-refractivity contribution in [3.8, 4) is 0 Å². The number of hydrogen-bond donors (Lipinski definition) is 1. The minimum atomic E-state index is -1.08. The van der Waals surface area contributed by atoms with Crippen LogP contribution in [-0.2, 0) is 16.1 Å². The van der Waals surface area contributed by atoms with Crippen LogP contribution in [0.15, 0.2) is 6.07 Å². The standard InChI is InChI=1S/C15H19N3O4/c1-9-4-12(14(20)21)16-18(9)6-13(19)17-3-2-15(8-17)11-5-10(11)7-22-15/h4,10-11H,2-3,5-8H2,1H3,(H,20,21).